The third-order valence-electron chi connectivity index (χ3n) is 5.68. The Labute approximate surface area is 144 Å². The minimum atomic E-state index is -0.672. The fraction of sp³-hybridized carbons (Fsp3) is 0.632. The molecule has 2 aliphatic heterocycles. The van der Waals surface area contributed by atoms with Crippen molar-refractivity contribution in [3.05, 3.63) is 35.4 Å². The molecule has 2 aliphatic rings. The molecule has 1 aromatic carbocycles. The quantitative estimate of drug-likeness (QED) is 0.793. The van der Waals surface area contributed by atoms with Crippen LogP contribution < -0.4 is 10.6 Å². The van der Waals surface area contributed by atoms with Gasteiger partial charge in [-0.2, -0.15) is 0 Å². The molecule has 0 radical (unpaired) electrons. The molecular formula is C19H29N3O2. The van der Waals surface area contributed by atoms with E-state index in [1.54, 1.807) is 0 Å². The lowest BCUT2D eigenvalue weighted by Gasteiger charge is -2.47. The molecule has 3 atom stereocenters. The van der Waals surface area contributed by atoms with Crippen LogP contribution in [0.2, 0.25) is 0 Å². The summed E-state index contributed by atoms with van der Waals surface area (Å²) in [4.78, 5) is 14.7. The van der Waals surface area contributed by atoms with Crippen LogP contribution >= 0.6 is 0 Å². The van der Waals surface area contributed by atoms with Crippen LogP contribution in [-0.2, 0) is 0 Å². The molecule has 1 aromatic rings. The number of nitrogens with zero attached hydrogens (tertiary/aromatic N) is 1. The van der Waals surface area contributed by atoms with Crippen molar-refractivity contribution in [3.8, 4) is 0 Å². The molecule has 0 aromatic heterocycles. The minimum Gasteiger partial charge on any atom is -0.387 e. The third-order valence-corrected chi connectivity index (χ3v) is 5.68. The van der Waals surface area contributed by atoms with E-state index in [2.05, 4.69) is 22.6 Å². The van der Waals surface area contributed by atoms with Crippen LogP contribution in [0.25, 0.3) is 0 Å². The summed E-state index contributed by atoms with van der Waals surface area (Å²) in [7, 11) is 2.21. The second kappa shape index (κ2) is 7.53. The lowest BCUT2D eigenvalue weighted by atomic mass is 9.82. The van der Waals surface area contributed by atoms with Gasteiger partial charge in [0, 0.05) is 24.7 Å². The van der Waals surface area contributed by atoms with E-state index >= 15 is 0 Å². The molecule has 2 saturated heterocycles. The molecule has 2 amide bonds. The predicted octanol–water partition coefficient (Wildman–Crippen LogP) is 2.34. The Balaban J connectivity index is 1.47. The highest BCUT2D eigenvalue weighted by atomic mass is 16.3. The Kier molecular flexibility index (Phi) is 5.41. The number of hydrogen-bond acceptors (Lipinski definition) is 3. The fourth-order valence-corrected chi connectivity index (χ4v) is 4.23. The first-order valence-corrected chi connectivity index (χ1v) is 9.04. The van der Waals surface area contributed by atoms with Gasteiger partial charge in [0.2, 0.25) is 0 Å². The number of rotatable bonds is 4. The number of nitrogens with one attached hydrogen (secondary N) is 2. The highest BCUT2D eigenvalue weighted by Crippen LogP contribution is 2.32. The van der Waals surface area contributed by atoms with Crippen LogP contribution in [0.15, 0.2) is 24.3 Å². The Morgan fingerprint density at radius 2 is 1.96 bits per heavy atom. The Morgan fingerprint density at radius 3 is 2.62 bits per heavy atom. The summed E-state index contributed by atoms with van der Waals surface area (Å²) in [6.45, 7) is 2.20. The van der Waals surface area contributed by atoms with Gasteiger partial charge >= 0.3 is 6.03 Å². The maximum Gasteiger partial charge on any atom is 0.315 e. The molecule has 3 rings (SSSR count). The van der Waals surface area contributed by atoms with E-state index in [9.17, 15) is 9.90 Å². The van der Waals surface area contributed by atoms with Gasteiger partial charge in [0.25, 0.3) is 0 Å². The monoisotopic (exact) mass is 331 g/mol. The SMILES string of the molecule is Cc1ccccc1C(O)CNC(=O)NC1CC2CCCC(C1)N2C. The number of carbonyl (C=O) groups is 1. The molecule has 0 aliphatic carbocycles. The van der Waals surface area contributed by atoms with Gasteiger partial charge in [0.15, 0.2) is 0 Å². The summed E-state index contributed by atoms with van der Waals surface area (Å²) in [5, 5.41) is 16.2. The molecule has 3 N–H and O–H groups in total. The zero-order valence-corrected chi connectivity index (χ0v) is 14.7. The number of piperidine rings is 2. The third kappa shape index (κ3) is 3.90. The second-order valence-corrected chi connectivity index (χ2v) is 7.30. The summed E-state index contributed by atoms with van der Waals surface area (Å²) in [5.74, 6) is 0. The topological polar surface area (TPSA) is 64.6 Å². The lowest BCUT2D eigenvalue weighted by Crippen LogP contribution is -2.56. The summed E-state index contributed by atoms with van der Waals surface area (Å²) in [6, 6.07) is 8.99. The van der Waals surface area contributed by atoms with Gasteiger partial charge in [-0.3, -0.25) is 0 Å². The van der Waals surface area contributed by atoms with Crippen molar-refractivity contribution in [3.63, 3.8) is 0 Å². The molecular weight excluding hydrogens is 302 g/mol. The highest BCUT2D eigenvalue weighted by Gasteiger charge is 2.36. The first kappa shape index (κ1) is 17.2. The molecule has 132 valence electrons. The molecule has 5 heteroatoms. The molecule has 2 fully saturated rings. The van der Waals surface area contributed by atoms with Gasteiger partial charge in [-0.15, -0.1) is 0 Å². The molecule has 0 spiro atoms. The van der Waals surface area contributed by atoms with Crippen LogP contribution in [0, 0.1) is 6.92 Å². The average molecular weight is 331 g/mol. The maximum atomic E-state index is 12.2. The molecule has 24 heavy (non-hydrogen) atoms. The normalized spacial score (nSPS) is 28.2. The van der Waals surface area contributed by atoms with E-state index < -0.39 is 6.10 Å². The first-order chi connectivity index (χ1) is 11.5. The van der Waals surface area contributed by atoms with Gasteiger partial charge < -0.3 is 20.6 Å². The summed E-state index contributed by atoms with van der Waals surface area (Å²) >= 11 is 0. The van der Waals surface area contributed by atoms with Crippen molar-refractivity contribution < 1.29 is 9.90 Å². The van der Waals surface area contributed by atoms with Gasteiger partial charge in [0.1, 0.15) is 0 Å². The summed E-state index contributed by atoms with van der Waals surface area (Å²) < 4.78 is 0. The Hall–Kier alpha value is -1.59. The number of aryl methyl sites for hydroxylation is 1. The number of amides is 2. The van der Waals surface area contributed by atoms with Crippen LogP contribution in [0.1, 0.15) is 49.3 Å². The summed E-state index contributed by atoms with van der Waals surface area (Å²) in [6.07, 6.45) is 5.16. The van der Waals surface area contributed by atoms with Crippen molar-refractivity contribution in [2.75, 3.05) is 13.6 Å². The van der Waals surface area contributed by atoms with Crippen molar-refractivity contribution in [1.82, 2.24) is 15.5 Å². The molecule has 2 bridgehead atoms. The highest BCUT2D eigenvalue weighted by molar-refractivity contribution is 5.74. The van der Waals surface area contributed by atoms with E-state index in [-0.39, 0.29) is 18.6 Å². The van der Waals surface area contributed by atoms with E-state index in [4.69, 9.17) is 0 Å². The fourth-order valence-electron chi connectivity index (χ4n) is 4.23. The zero-order valence-electron chi connectivity index (χ0n) is 14.7. The molecule has 2 heterocycles. The zero-order chi connectivity index (χ0) is 17.1. The van der Waals surface area contributed by atoms with E-state index in [0.717, 1.165) is 24.0 Å². The number of aliphatic hydroxyl groups is 1. The molecule has 3 unspecified atom stereocenters. The van der Waals surface area contributed by atoms with Crippen molar-refractivity contribution in [1.29, 1.82) is 0 Å². The predicted molar refractivity (Wildman–Crippen MR) is 94.9 cm³/mol. The number of fused-ring (bicyclic) bond motifs is 2. The van der Waals surface area contributed by atoms with E-state index in [0.29, 0.717) is 12.1 Å². The van der Waals surface area contributed by atoms with Crippen LogP contribution in [0.4, 0.5) is 4.79 Å². The average Bonchev–Trinajstić information content (AvgIpc) is 2.54. The smallest absolute Gasteiger partial charge is 0.315 e. The van der Waals surface area contributed by atoms with Gasteiger partial charge in [0.05, 0.1) is 6.10 Å². The van der Waals surface area contributed by atoms with Crippen LogP contribution in [0.5, 0.6) is 0 Å². The number of aliphatic hydroxyl groups excluding tert-OH is 1. The second-order valence-electron chi connectivity index (χ2n) is 7.30. The number of urea groups is 1. The van der Waals surface area contributed by atoms with Gasteiger partial charge in [-0.1, -0.05) is 30.7 Å². The van der Waals surface area contributed by atoms with Crippen molar-refractivity contribution in [2.24, 2.45) is 0 Å². The van der Waals surface area contributed by atoms with Gasteiger partial charge in [-0.25, -0.2) is 4.79 Å². The molecule has 0 saturated carbocycles. The first-order valence-electron chi connectivity index (χ1n) is 9.04. The largest absolute Gasteiger partial charge is 0.387 e. The Bertz CT molecular complexity index is 563. The summed E-state index contributed by atoms with van der Waals surface area (Å²) in [5.41, 5.74) is 1.90. The van der Waals surface area contributed by atoms with Crippen molar-refractivity contribution >= 4 is 6.03 Å². The minimum absolute atomic E-state index is 0.171. The van der Waals surface area contributed by atoms with E-state index in [1.165, 1.54) is 19.3 Å². The molecule has 5 nitrogen and oxygen atoms in total. The van der Waals surface area contributed by atoms with E-state index in [1.807, 2.05) is 31.2 Å². The van der Waals surface area contributed by atoms with Crippen LogP contribution in [-0.4, -0.2) is 47.8 Å². The lowest BCUT2D eigenvalue weighted by molar-refractivity contribution is 0.0507. The van der Waals surface area contributed by atoms with Crippen LogP contribution in [0.3, 0.4) is 0 Å². The van der Waals surface area contributed by atoms with Crippen molar-refractivity contribution in [2.45, 2.75) is 63.3 Å². The van der Waals surface area contributed by atoms with Gasteiger partial charge in [-0.05, 0) is 50.8 Å². The number of hydrogen-bond donors (Lipinski definition) is 3. The number of benzene rings is 1. The standard InChI is InChI=1S/C19H29N3O2/c1-13-6-3-4-9-17(13)18(23)12-20-19(24)21-14-10-15-7-5-8-16(11-14)22(15)2/h3-4,6,9,14-16,18,23H,5,7-8,10-12H2,1-2H3,(H2,20,21,24). The maximum absolute atomic E-state index is 12.2. The number of carbonyl (C=O) groups excluding carboxylic acids is 1. The Morgan fingerprint density at radius 1 is 1.29 bits per heavy atom.